The molecule has 1 amide bonds. The van der Waals surface area contributed by atoms with E-state index in [-0.39, 0.29) is 23.9 Å². The van der Waals surface area contributed by atoms with E-state index in [1.165, 1.54) is 5.56 Å². The molecule has 4 rings (SSSR count). The second kappa shape index (κ2) is 10.3. The van der Waals surface area contributed by atoms with Crippen molar-refractivity contribution in [3.8, 4) is 5.75 Å². The highest BCUT2D eigenvalue weighted by Gasteiger charge is 2.28. The molecule has 7 nitrogen and oxygen atoms in total. The lowest BCUT2D eigenvalue weighted by Gasteiger charge is -2.33. The summed E-state index contributed by atoms with van der Waals surface area (Å²) in [5.74, 6) is 1.96. The van der Waals surface area contributed by atoms with Crippen LogP contribution in [0.25, 0.3) is 0 Å². The number of carbonyl (C=O) groups is 2. The van der Waals surface area contributed by atoms with Crippen LogP contribution in [0, 0.1) is 5.92 Å². The number of likely N-dealkylation sites (tertiary alicyclic amines) is 1. The second-order valence-electron chi connectivity index (χ2n) is 10.8. The third-order valence-corrected chi connectivity index (χ3v) is 6.46. The molecule has 1 aromatic heterocycles. The summed E-state index contributed by atoms with van der Waals surface area (Å²) in [5.41, 5.74) is 3.01. The van der Waals surface area contributed by atoms with E-state index in [2.05, 4.69) is 28.1 Å². The van der Waals surface area contributed by atoms with Crippen molar-refractivity contribution >= 4 is 23.4 Å². The third kappa shape index (κ3) is 6.32. The molecule has 3 heterocycles. The summed E-state index contributed by atoms with van der Waals surface area (Å²) < 4.78 is 11.6. The van der Waals surface area contributed by atoms with Crippen molar-refractivity contribution in [2.24, 2.45) is 5.92 Å². The molecule has 0 radical (unpaired) electrons. The predicted molar refractivity (Wildman–Crippen MR) is 136 cm³/mol. The van der Waals surface area contributed by atoms with E-state index in [1.54, 1.807) is 11.1 Å². The summed E-state index contributed by atoms with van der Waals surface area (Å²) in [6.45, 7) is 11.7. The van der Waals surface area contributed by atoms with Gasteiger partial charge in [-0.3, -0.25) is 4.79 Å². The first-order valence-corrected chi connectivity index (χ1v) is 12.6. The van der Waals surface area contributed by atoms with Crippen LogP contribution in [0.1, 0.15) is 58.6 Å². The van der Waals surface area contributed by atoms with E-state index in [1.807, 2.05) is 46.8 Å². The molecule has 7 heteroatoms. The predicted octanol–water partition coefficient (Wildman–Crippen LogP) is 5.32. The fourth-order valence-electron chi connectivity index (χ4n) is 4.49. The number of ether oxygens (including phenoxy) is 2. The SMILES string of the molecule is CC(C)C(=O)Cc1ccc2c(c1)CCN2c1ccc(OC2CCN(C(=O)OC(C)(C)C)CC2)cn1. The summed E-state index contributed by atoms with van der Waals surface area (Å²) in [6.07, 6.45) is 4.54. The highest BCUT2D eigenvalue weighted by Crippen LogP contribution is 2.35. The van der Waals surface area contributed by atoms with Gasteiger partial charge in [-0.25, -0.2) is 9.78 Å². The van der Waals surface area contributed by atoms with E-state index in [0.29, 0.717) is 19.5 Å². The van der Waals surface area contributed by atoms with Crippen molar-refractivity contribution in [1.82, 2.24) is 9.88 Å². The number of Topliss-reactive ketones (excluding diaryl/α,β-unsaturated/α-hetero) is 1. The Balaban J connectivity index is 1.32. The van der Waals surface area contributed by atoms with Crippen LogP contribution in [-0.4, -0.2) is 53.1 Å². The average Bonchev–Trinajstić information content (AvgIpc) is 3.22. The Hall–Kier alpha value is -3.09. The van der Waals surface area contributed by atoms with Gasteiger partial charge >= 0.3 is 6.09 Å². The molecule has 35 heavy (non-hydrogen) atoms. The highest BCUT2D eigenvalue weighted by molar-refractivity contribution is 5.83. The lowest BCUT2D eigenvalue weighted by atomic mass is 9.99. The Morgan fingerprint density at radius 1 is 1.09 bits per heavy atom. The van der Waals surface area contributed by atoms with Crippen molar-refractivity contribution in [3.63, 3.8) is 0 Å². The van der Waals surface area contributed by atoms with Gasteiger partial charge in [0, 0.05) is 50.5 Å². The third-order valence-electron chi connectivity index (χ3n) is 6.46. The number of hydrogen-bond acceptors (Lipinski definition) is 6. The van der Waals surface area contributed by atoms with Crippen LogP contribution in [0.4, 0.5) is 16.3 Å². The van der Waals surface area contributed by atoms with E-state index in [9.17, 15) is 9.59 Å². The average molecular weight is 480 g/mol. The van der Waals surface area contributed by atoms with Gasteiger partial charge in [0.15, 0.2) is 0 Å². The quantitative estimate of drug-likeness (QED) is 0.558. The first kappa shape index (κ1) is 25.0. The maximum atomic E-state index is 12.3. The molecule has 0 unspecified atom stereocenters. The number of pyridine rings is 1. The van der Waals surface area contributed by atoms with Crippen LogP contribution in [0.5, 0.6) is 5.75 Å². The molecule has 0 spiro atoms. The minimum atomic E-state index is -0.483. The van der Waals surface area contributed by atoms with Gasteiger partial charge in [0.2, 0.25) is 0 Å². The Morgan fingerprint density at radius 2 is 1.83 bits per heavy atom. The van der Waals surface area contributed by atoms with Crippen LogP contribution in [-0.2, 0) is 22.4 Å². The fraction of sp³-hybridized carbons (Fsp3) is 0.536. The second-order valence-corrected chi connectivity index (χ2v) is 10.8. The number of rotatable bonds is 6. The normalized spacial score (nSPS) is 16.4. The molecule has 0 N–H and O–H groups in total. The number of amides is 1. The first-order valence-electron chi connectivity index (χ1n) is 12.6. The molecule has 188 valence electrons. The minimum Gasteiger partial charge on any atom is -0.489 e. The largest absolute Gasteiger partial charge is 0.489 e. The lowest BCUT2D eigenvalue weighted by Crippen LogP contribution is -2.44. The van der Waals surface area contributed by atoms with Gasteiger partial charge in [-0.2, -0.15) is 0 Å². The zero-order chi connectivity index (χ0) is 25.2. The number of benzene rings is 1. The smallest absolute Gasteiger partial charge is 0.410 e. The molecule has 0 saturated carbocycles. The van der Waals surface area contributed by atoms with Crippen molar-refractivity contribution in [3.05, 3.63) is 47.7 Å². The van der Waals surface area contributed by atoms with Crippen LogP contribution < -0.4 is 9.64 Å². The van der Waals surface area contributed by atoms with Gasteiger partial charge < -0.3 is 19.3 Å². The van der Waals surface area contributed by atoms with Gasteiger partial charge in [-0.15, -0.1) is 0 Å². The molecule has 0 aliphatic carbocycles. The molecule has 0 bridgehead atoms. The zero-order valence-electron chi connectivity index (χ0n) is 21.5. The van der Waals surface area contributed by atoms with Crippen molar-refractivity contribution in [2.45, 2.75) is 72.0 Å². The van der Waals surface area contributed by atoms with Gasteiger partial charge in [-0.05, 0) is 56.5 Å². The number of fused-ring (bicyclic) bond motifs is 1. The first-order chi connectivity index (χ1) is 16.6. The standard InChI is InChI=1S/C28H37N3O4/c1-19(2)25(32)17-20-6-8-24-21(16-20)10-15-31(24)26-9-7-23(18-29-26)34-22-11-13-30(14-12-22)27(33)35-28(3,4)5/h6-9,16,18-19,22H,10-15,17H2,1-5H3. The van der Waals surface area contributed by atoms with Gasteiger partial charge in [-0.1, -0.05) is 26.0 Å². The fourth-order valence-corrected chi connectivity index (χ4v) is 4.49. The van der Waals surface area contributed by atoms with E-state index in [4.69, 9.17) is 9.47 Å². The molecule has 0 atom stereocenters. The van der Waals surface area contributed by atoms with Crippen LogP contribution in [0.15, 0.2) is 36.5 Å². The molecule has 1 fully saturated rings. The summed E-state index contributed by atoms with van der Waals surface area (Å²) in [6, 6.07) is 10.3. The van der Waals surface area contributed by atoms with Crippen LogP contribution in [0.2, 0.25) is 0 Å². The number of ketones is 1. The summed E-state index contributed by atoms with van der Waals surface area (Å²) in [5, 5.41) is 0. The number of aromatic nitrogens is 1. The number of nitrogens with zero attached hydrogens (tertiary/aromatic N) is 3. The Kier molecular flexibility index (Phi) is 7.33. The molecule has 1 aromatic carbocycles. The molecular weight excluding hydrogens is 442 g/mol. The van der Waals surface area contributed by atoms with E-state index in [0.717, 1.165) is 48.6 Å². The van der Waals surface area contributed by atoms with Crippen LogP contribution in [0.3, 0.4) is 0 Å². The van der Waals surface area contributed by atoms with Gasteiger partial charge in [0.05, 0.1) is 6.20 Å². The number of hydrogen-bond donors (Lipinski definition) is 0. The van der Waals surface area contributed by atoms with E-state index < -0.39 is 5.60 Å². The molecule has 2 aromatic rings. The van der Waals surface area contributed by atoms with Crippen LogP contribution >= 0.6 is 0 Å². The Labute approximate surface area is 208 Å². The maximum absolute atomic E-state index is 12.3. The molecule has 1 saturated heterocycles. The Bertz CT molecular complexity index is 1050. The maximum Gasteiger partial charge on any atom is 0.410 e. The topological polar surface area (TPSA) is 72.0 Å². The lowest BCUT2D eigenvalue weighted by molar-refractivity contribution is -0.121. The number of carbonyl (C=O) groups excluding carboxylic acids is 2. The summed E-state index contributed by atoms with van der Waals surface area (Å²) >= 11 is 0. The monoisotopic (exact) mass is 479 g/mol. The number of anilines is 2. The Morgan fingerprint density at radius 3 is 2.46 bits per heavy atom. The van der Waals surface area contributed by atoms with Crippen molar-refractivity contribution in [1.29, 1.82) is 0 Å². The van der Waals surface area contributed by atoms with E-state index >= 15 is 0 Å². The minimum absolute atomic E-state index is 0.0563. The van der Waals surface area contributed by atoms with Gasteiger partial charge in [0.1, 0.15) is 29.1 Å². The zero-order valence-corrected chi connectivity index (χ0v) is 21.5. The molecule has 2 aliphatic heterocycles. The van der Waals surface area contributed by atoms with Gasteiger partial charge in [0.25, 0.3) is 0 Å². The summed E-state index contributed by atoms with van der Waals surface area (Å²) in [7, 11) is 0. The molecule has 2 aliphatic rings. The molecular formula is C28H37N3O4. The number of piperidine rings is 1. The highest BCUT2D eigenvalue weighted by atomic mass is 16.6. The van der Waals surface area contributed by atoms with Crippen molar-refractivity contribution in [2.75, 3.05) is 24.5 Å². The van der Waals surface area contributed by atoms with Crippen molar-refractivity contribution < 1.29 is 19.1 Å². The summed E-state index contributed by atoms with van der Waals surface area (Å²) in [4.78, 5) is 33.0.